The van der Waals surface area contributed by atoms with Gasteiger partial charge in [-0.05, 0) is 58.6 Å². The molecule has 1 atom stereocenters. The quantitative estimate of drug-likeness (QED) is 0.651. The molecular weight excluding hydrogens is 430 g/mol. The van der Waals surface area contributed by atoms with Gasteiger partial charge >= 0.3 is 6.09 Å². The summed E-state index contributed by atoms with van der Waals surface area (Å²) in [6.07, 6.45) is 0.647. The van der Waals surface area contributed by atoms with Gasteiger partial charge in [-0.3, -0.25) is 4.79 Å². The van der Waals surface area contributed by atoms with E-state index in [4.69, 9.17) is 4.74 Å². The second-order valence-corrected chi connectivity index (χ2v) is 9.67. The molecule has 0 radical (unpaired) electrons. The van der Waals surface area contributed by atoms with E-state index in [1.165, 1.54) is 0 Å². The van der Waals surface area contributed by atoms with E-state index in [1.807, 2.05) is 30.7 Å². The zero-order valence-corrected chi connectivity index (χ0v) is 19.7. The van der Waals surface area contributed by atoms with Crippen LogP contribution < -0.4 is 10.6 Å². The zero-order chi connectivity index (χ0) is 24.4. The van der Waals surface area contributed by atoms with E-state index in [1.54, 1.807) is 39.2 Å². The smallest absolute Gasteiger partial charge is 0.408 e. The molecule has 33 heavy (non-hydrogen) atoms. The average Bonchev–Trinajstić information content (AvgIpc) is 3.04. The lowest BCUT2D eigenvalue weighted by molar-refractivity contribution is -0.121. The predicted molar refractivity (Wildman–Crippen MR) is 122 cm³/mol. The summed E-state index contributed by atoms with van der Waals surface area (Å²) in [6, 6.07) is 6.29. The van der Waals surface area contributed by atoms with Gasteiger partial charge in [0.05, 0.1) is 17.7 Å². The van der Waals surface area contributed by atoms with Crippen LogP contribution in [0, 0.1) is 12.8 Å². The third kappa shape index (κ3) is 6.52. The number of rotatable bonds is 5. The van der Waals surface area contributed by atoms with E-state index >= 15 is 0 Å². The summed E-state index contributed by atoms with van der Waals surface area (Å²) in [5.41, 5.74) is 2.61. The number of ether oxygens (including phenoxy) is 1. The highest BCUT2D eigenvalue weighted by molar-refractivity contribution is 5.97. The Morgan fingerprint density at radius 2 is 1.79 bits per heavy atom. The summed E-state index contributed by atoms with van der Waals surface area (Å²) in [5.74, 6) is -3.60. The summed E-state index contributed by atoms with van der Waals surface area (Å²) in [6.45, 7) is 7.07. The fraction of sp³-hybridized carbons (Fsp3) is 0.542. The van der Waals surface area contributed by atoms with E-state index in [2.05, 4.69) is 15.6 Å². The maximum Gasteiger partial charge on any atom is 0.408 e. The zero-order valence-electron chi connectivity index (χ0n) is 19.7. The molecule has 1 aromatic heterocycles. The van der Waals surface area contributed by atoms with Gasteiger partial charge in [-0.2, -0.15) is 0 Å². The van der Waals surface area contributed by atoms with Crippen molar-refractivity contribution in [2.45, 2.75) is 70.9 Å². The SMILES string of the molecule is Cc1ncn(C)c1-c1ccc(NC(=O)C(NC(=O)OC(C)(C)C)C2CCC(F)(F)CC2)cc1. The van der Waals surface area contributed by atoms with Gasteiger partial charge in [0.2, 0.25) is 11.8 Å². The van der Waals surface area contributed by atoms with Crippen LogP contribution in [0.5, 0.6) is 0 Å². The number of nitrogens with one attached hydrogen (secondary N) is 2. The van der Waals surface area contributed by atoms with Crippen molar-refractivity contribution in [1.29, 1.82) is 0 Å². The van der Waals surface area contributed by atoms with Crippen molar-refractivity contribution in [2.24, 2.45) is 13.0 Å². The standard InChI is InChI=1S/C24H32F2N4O3/c1-15-20(30(5)14-27-15)17-6-8-18(9-7-17)28-21(31)19(29-22(32)33-23(2,3)4)16-10-12-24(25,26)13-11-16/h6-9,14,16,19H,10-13H2,1-5H3,(H,28,31)(H,29,32). The molecule has 1 aromatic carbocycles. The van der Waals surface area contributed by atoms with Crippen LogP contribution in [0.25, 0.3) is 11.3 Å². The summed E-state index contributed by atoms with van der Waals surface area (Å²) in [4.78, 5) is 29.8. The van der Waals surface area contributed by atoms with Crippen molar-refractivity contribution in [3.63, 3.8) is 0 Å². The number of alkyl carbamates (subject to hydrolysis) is 1. The van der Waals surface area contributed by atoms with Gasteiger partial charge in [0.15, 0.2) is 0 Å². The molecule has 2 amide bonds. The number of imidazole rings is 1. The third-order valence-electron chi connectivity index (χ3n) is 5.73. The second kappa shape index (κ2) is 9.49. The number of benzene rings is 1. The minimum Gasteiger partial charge on any atom is -0.444 e. The Kier molecular flexibility index (Phi) is 7.09. The van der Waals surface area contributed by atoms with Crippen molar-refractivity contribution < 1.29 is 23.1 Å². The number of hydrogen-bond donors (Lipinski definition) is 2. The molecule has 9 heteroatoms. The number of nitrogens with zero attached hydrogens (tertiary/aromatic N) is 2. The molecular formula is C24H32F2N4O3. The van der Waals surface area contributed by atoms with Gasteiger partial charge in [-0.15, -0.1) is 0 Å². The largest absolute Gasteiger partial charge is 0.444 e. The number of aromatic nitrogens is 2. The highest BCUT2D eigenvalue weighted by Crippen LogP contribution is 2.38. The maximum absolute atomic E-state index is 13.7. The Balaban J connectivity index is 1.74. The van der Waals surface area contributed by atoms with Crippen LogP contribution in [0.4, 0.5) is 19.3 Å². The Hall–Kier alpha value is -2.97. The van der Waals surface area contributed by atoms with Crippen molar-refractivity contribution in [3.05, 3.63) is 36.3 Å². The maximum atomic E-state index is 13.7. The molecule has 2 N–H and O–H groups in total. The molecule has 0 bridgehead atoms. The van der Waals surface area contributed by atoms with Crippen LogP contribution in [-0.2, 0) is 16.6 Å². The summed E-state index contributed by atoms with van der Waals surface area (Å²) < 4.78 is 34.5. The number of alkyl halides is 2. The summed E-state index contributed by atoms with van der Waals surface area (Å²) >= 11 is 0. The van der Waals surface area contributed by atoms with Crippen LogP contribution in [0.1, 0.15) is 52.1 Å². The number of amides is 2. The molecule has 1 aliphatic carbocycles. The second-order valence-electron chi connectivity index (χ2n) is 9.67. The van der Waals surface area contributed by atoms with Crippen molar-refractivity contribution >= 4 is 17.7 Å². The van der Waals surface area contributed by atoms with Crippen LogP contribution in [0.15, 0.2) is 30.6 Å². The van der Waals surface area contributed by atoms with Crippen molar-refractivity contribution in [3.8, 4) is 11.3 Å². The topological polar surface area (TPSA) is 85.3 Å². The molecule has 3 rings (SSSR count). The van der Waals surface area contributed by atoms with Gasteiger partial charge in [0, 0.05) is 31.1 Å². The molecule has 1 fully saturated rings. The molecule has 180 valence electrons. The molecule has 0 spiro atoms. The minimum absolute atomic E-state index is 0.138. The Labute approximate surface area is 192 Å². The Morgan fingerprint density at radius 1 is 1.18 bits per heavy atom. The van der Waals surface area contributed by atoms with Gasteiger partial charge in [-0.1, -0.05) is 12.1 Å². The molecule has 0 aliphatic heterocycles. The first-order chi connectivity index (χ1) is 15.3. The molecule has 1 heterocycles. The number of hydrogen-bond acceptors (Lipinski definition) is 4. The number of carbonyl (C=O) groups is 2. The number of halogens is 2. The van der Waals surface area contributed by atoms with Crippen LogP contribution in [0.2, 0.25) is 0 Å². The van der Waals surface area contributed by atoms with E-state index in [0.29, 0.717) is 5.69 Å². The number of carbonyl (C=O) groups excluding carboxylic acids is 2. The van der Waals surface area contributed by atoms with Gasteiger partial charge in [-0.25, -0.2) is 18.6 Å². The lowest BCUT2D eigenvalue weighted by atomic mass is 9.81. The van der Waals surface area contributed by atoms with Crippen LogP contribution in [0.3, 0.4) is 0 Å². The van der Waals surface area contributed by atoms with E-state index < -0.39 is 35.5 Å². The minimum atomic E-state index is -2.73. The molecule has 1 unspecified atom stereocenters. The monoisotopic (exact) mass is 462 g/mol. The summed E-state index contributed by atoms with van der Waals surface area (Å²) in [7, 11) is 1.91. The number of aryl methyl sites for hydroxylation is 2. The number of anilines is 1. The first kappa shape index (κ1) is 24.7. The lowest BCUT2D eigenvalue weighted by Crippen LogP contribution is -2.51. The Morgan fingerprint density at radius 3 is 2.30 bits per heavy atom. The molecule has 1 aliphatic rings. The normalized spacial score (nSPS) is 17.3. The first-order valence-electron chi connectivity index (χ1n) is 11.1. The Bertz CT molecular complexity index is 967. The lowest BCUT2D eigenvalue weighted by Gasteiger charge is -2.33. The third-order valence-corrected chi connectivity index (χ3v) is 5.73. The first-order valence-corrected chi connectivity index (χ1v) is 11.1. The van der Waals surface area contributed by atoms with Crippen LogP contribution in [-0.4, -0.2) is 39.1 Å². The van der Waals surface area contributed by atoms with Gasteiger partial charge < -0.3 is 19.9 Å². The molecule has 1 saturated carbocycles. The highest BCUT2D eigenvalue weighted by atomic mass is 19.3. The van der Waals surface area contributed by atoms with E-state index in [9.17, 15) is 18.4 Å². The van der Waals surface area contributed by atoms with Crippen molar-refractivity contribution in [1.82, 2.24) is 14.9 Å². The van der Waals surface area contributed by atoms with E-state index in [-0.39, 0.29) is 25.7 Å². The highest BCUT2D eigenvalue weighted by Gasteiger charge is 2.40. The summed E-state index contributed by atoms with van der Waals surface area (Å²) in [5, 5.41) is 5.42. The van der Waals surface area contributed by atoms with Gasteiger partial charge in [0.25, 0.3) is 0 Å². The van der Waals surface area contributed by atoms with Crippen LogP contribution >= 0.6 is 0 Å². The van der Waals surface area contributed by atoms with Gasteiger partial charge in [0.1, 0.15) is 11.6 Å². The molecule has 0 saturated heterocycles. The molecule has 2 aromatic rings. The molecule has 7 nitrogen and oxygen atoms in total. The van der Waals surface area contributed by atoms with E-state index in [0.717, 1.165) is 17.0 Å². The average molecular weight is 463 g/mol. The predicted octanol–water partition coefficient (Wildman–Crippen LogP) is 5.05. The fourth-order valence-corrected chi connectivity index (χ4v) is 4.12. The fourth-order valence-electron chi connectivity index (χ4n) is 4.12. The van der Waals surface area contributed by atoms with Crippen molar-refractivity contribution in [2.75, 3.05) is 5.32 Å².